The van der Waals surface area contributed by atoms with Gasteiger partial charge in [-0.1, -0.05) is 46.3 Å². The fourth-order valence-corrected chi connectivity index (χ4v) is 2.33. The van der Waals surface area contributed by atoms with Gasteiger partial charge >= 0.3 is 5.97 Å². The van der Waals surface area contributed by atoms with Crippen molar-refractivity contribution in [3.05, 3.63) is 64.1 Å². The molecule has 0 bridgehead atoms. The Balaban J connectivity index is 1.84. The van der Waals surface area contributed by atoms with Gasteiger partial charge in [-0.15, -0.1) is 0 Å². The van der Waals surface area contributed by atoms with E-state index in [9.17, 15) is 9.59 Å². The third kappa shape index (κ3) is 4.82. The van der Waals surface area contributed by atoms with Gasteiger partial charge in [-0.05, 0) is 23.8 Å². The summed E-state index contributed by atoms with van der Waals surface area (Å²) in [4.78, 5) is 23.8. The van der Waals surface area contributed by atoms with Crippen LogP contribution in [0.3, 0.4) is 0 Å². The van der Waals surface area contributed by atoms with Crippen LogP contribution in [0.2, 0.25) is 0 Å². The second-order valence-corrected chi connectivity index (χ2v) is 5.50. The summed E-state index contributed by atoms with van der Waals surface area (Å²) in [5.74, 6) is -0.561. The number of carbonyl (C=O) groups excluding carboxylic acids is 2. The number of esters is 1. The topological polar surface area (TPSA) is 64.6 Å². The summed E-state index contributed by atoms with van der Waals surface area (Å²) in [5.41, 5.74) is 1.23. The number of halogens is 1. The lowest BCUT2D eigenvalue weighted by molar-refractivity contribution is -0.124. The molecule has 2 rings (SSSR count). The first-order valence-electron chi connectivity index (χ1n) is 6.92. The van der Waals surface area contributed by atoms with Gasteiger partial charge in [0.25, 0.3) is 5.91 Å². The fourth-order valence-electron chi connectivity index (χ4n) is 1.91. The summed E-state index contributed by atoms with van der Waals surface area (Å²) in [7, 11) is 1.47. The summed E-state index contributed by atoms with van der Waals surface area (Å²) < 4.78 is 11.0. The highest BCUT2D eigenvalue weighted by molar-refractivity contribution is 9.10. The second-order valence-electron chi connectivity index (χ2n) is 4.64. The van der Waals surface area contributed by atoms with E-state index >= 15 is 0 Å². The van der Waals surface area contributed by atoms with Gasteiger partial charge in [-0.25, -0.2) is 4.79 Å². The molecule has 120 valence electrons. The average molecular weight is 378 g/mol. The Morgan fingerprint density at radius 2 is 1.78 bits per heavy atom. The number of hydrogen-bond acceptors (Lipinski definition) is 4. The van der Waals surface area contributed by atoms with Crippen molar-refractivity contribution < 1.29 is 19.1 Å². The molecule has 0 saturated carbocycles. The van der Waals surface area contributed by atoms with Gasteiger partial charge in [0.2, 0.25) is 0 Å². The molecule has 6 heteroatoms. The van der Waals surface area contributed by atoms with Crippen molar-refractivity contribution in [3.8, 4) is 5.75 Å². The number of nitrogens with one attached hydrogen (secondary N) is 1. The highest BCUT2D eigenvalue weighted by atomic mass is 79.9. The SMILES string of the molecule is COc1ccccc1C(=O)OCC(=O)NCc1ccccc1Br. The van der Waals surface area contributed by atoms with Gasteiger partial charge in [0.15, 0.2) is 6.61 Å². The summed E-state index contributed by atoms with van der Waals surface area (Å²) in [6, 6.07) is 14.3. The number of carbonyl (C=O) groups is 2. The molecule has 0 aromatic heterocycles. The first-order valence-corrected chi connectivity index (χ1v) is 7.71. The fraction of sp³-hybridized carbons (Fsp3) is 0.176. The van der Waals surface area contributed by atoms with Crippen LogP contribution in [0.15, 0.2) is 53.0 Å². The lowest BCUT2D eigenvalue weighted by Gasteiger charge is -2.09. The van der Waals surface area contributed by atoms with Crippen LogP contribution in [0.5, 0.6) is 5.75 Å². The van der Waals surface area contributed by atoms with Crippen LogP contribution < -0.4 is 10.1 Å². The van der Waals surface area contributed by atoms with Gasteiger partial charge in [0, 0.05) is 11.0 Å². The predicted molar refractivity (Wildman–Crippen MR) is 89.3 cm³/mol. The molecule has 23 heavy (non-hydrogen) atoms. The summed E-state index contributed by atoms with van der Waals surface area (Å²) >= 11 is 3.40. The zero-order valence-corrected chi connectivity index (χ0v) is 14.1. The first kappa shape index (κ1) is 17.0. The second kappa shape index (κ2) is 8.33. The molecule has 0 aliphatic heterocycles. The van der Waals surface area contributed by atoms with Crippen molar-refractivity contribution in [1.82, 2.24) is 5.32 Å². The molecule has 0 spiro atoms. The van der Waals surface area contributed by atoms with Crippen LogP contribution in [0.4, 0.5) is 0 Å². The summed E-state index contributed by atoms with van der Waals surface area (Å²) in [6.07, 6.45) is 0. The van der Waals surface area contributed by atoms with Crippen LogP contribution in [-0.2, 0) is 16.1 Å². The Bertz CT molecular complexity index is 702. The molecule has 0 saturated heterocycles. The van der Waals surface area contributed by atoms with E-state index in [1.54, 1.807) is 24.3 Å². The normalized spacial score (nSPS) is 10.0. The zero-order chi connectivity index (χ0) is 16.7. The molecule has 0 radical (unpaired) electrons. The van der Waals surface area contributed by atoms with Crippen LogP contribution in [0.25, 0.3) is 0 Å². The minimum Gasteiger partial charge on any atom is -0.496 e. The number of para-hydroxylation sites is 1. The maximum Gasteiger partial charge on any atom is 0.342 e. The van der Waals surface area contributed by atoms with E-state index < -0.39 is 5.97 Å². The lowest BCUT2D eigenvalue weighted by atomic mass is 10.2. The molecule has 0 aliphatic carbocycles. The van der Waals surface area contributed by atoms with E-state index in [0.717, 1.165) is 10.0 Å². The molecular weight excluding hydrogens is 362 g/mol. The largest absolute Gasteiger partial charge is 0.496 e. The van der Waals surface area contributed by atoms with Crippen molar-refractivity contribution in [2.24, 2.45) is 0 Å². The lowest BCUT2D eigenvalue weighted by Crippen LogP contribution is -2.28. The molecule has 0 atom stereocenters. The molecule has 0 heterocycles. The molecular formula is C17H16BrNO4. The smallest absolute Gasteiger partial charge is 0.342 e. The van der Waals surface area contributed by atoms with Crippen molar-refractivity contribution in [2.45, 2.75) is 6.54 Å². The molecule has 2 aromatic carbocycles. The van der Waals surface area contributed by atoms with E-state index in [4.69, 9.17) is 9.47 Å². The number of benzene rings is 2. The van der Waals surface area contributed by atoms with Crippen molar-refractivity contribution in [3.63, 3.8) is 0 Å². The van der Waals surface area contributed by atoms with Crippen LogP contribution >= 0.6 is 15.9 Å². The van der Waals surface area contributed by atoms with Crippen molar-refractivity contribution in [1.29, 1.82) is 0 Å². The maximum atomic E-state index is 12.0. The first-order chi connectivity index (χ1) is 11.1. The molecule has 1 amide bonds. The van der Waals surface area contributed by atoms with Crippen molar-refractivity contribution in [2.75, 3.05) is 13.7 Å². The van der Waals surface area contributed by atoms with Crippen LogP contribution in [0.1, 0.15) is 15.9 Å². The number of rotatable bonds is 6. The number of amides is 1. The maximum absolute atomic E-state index is 12.0. The van der Waals surface area contributed by atoms with Gasteiger partial charge in [-0.3, -0.25) is 4.79 Å². The molecule has 5 nitrogen and oxygen atoms in total. The highest BCUT2D eigenvalue weighted by Crippen LogP contribution is 2.18. The number of methoxy groups -OCH3 is 1. The Hall–Kier alpha value is -2.34. The Morgan fingerprint density at radius 3 is 2.52 bits per heavy atom. The van der Waals surface area contributed by atoms with Gasteiger partial charge in [-0.2, -0.15) is 0 Å². The third-order valence-electron chi connectivity index (χ3n) is 3.10. The quantitative estimate of drug-likeness (QED) is 0.786. The molecule has 2 aromatic rings. The molecule has 0 unspecified atom stereocenters. The van der Waals surface area contributed by atoms with Gasteiger partial charge in [0.05, 0.1) is 7.11 Å². The van der Waals surface area contributed by atoms with Gasteiger partial charge < -0.3 is 14.8 Å². The summed E-state index contributed by atoms with van der Waals surface area (Å²) in [5, 5.41) is 2.70. The van der Waals surface area contributed by atoms with Crippen LogP contribution in [-0.4, -0.2) is 25.6 Å². The molecule has 1 N–H and O–H groups in total. The number of hydrogen-bond donors (Lipinski definition) is 1. The Labute approximate surface area is 142 Å². The third-order valence-corrected chi connectivity index (χ3v) is 3.87. The summed E-state index contributed by atoms with van der Waals surface area (Å²) in [6.45, 7) is 0.00774. The van der Waals surface area contributed by atoms with E-state index in [1.165, 1.54) is 7.11 Å². The van der Waals surface area contributed by atoms with E-state index in [-0.39, 0.29) is 18.1 Å². The standard InChI is InChI=1S/C17H16BrNO4/c1-22-15-9-5-3-7-13(15)17(21)23-11-16(20)19-10-12-6-2-4-8-14(12)18/h2-9H,10-11H2,1H3,(H,19,20). The monoisotopic (exact) mass is 377 g/mol. The average Bonchev–Trinajstić information content (AvgIpc) is 2.58. The predicted octanol–water partition coefficient (Wildman–Crippen LogP) is 2.93. The van der Waals surface area contributed by atoms with Crippen molar-refractivity contribution >= 4 is 27.8 Å². The van der Waals surface area contributed by atoms with E-state index in [1.807, 2.05) is 24.3 Å². The zero-order valence-electron chi connectivity index (χ0n) is 12.5. The number of ether oxygens (including phenoxy) is 2. The minimum atomic E-state index is -0.599. The van der Waals surface area contributed by atoms with E-state index in [0.29, 0.717) is 12.3 Å². The van der Waals surface area contributed by atoms with Gasteiger partial charge in [0.1, 0.15) is 11.3 Å². The highest BCUT2D eigenvalue weighted by Gasteiger charge is 2.14. The molecule has 0 aliphatic rings. The van der Waals surface area contributed by atoms with E-state index in [2.05, 4.69) is 21.2 Å². The van der Waals surface area contributed by atoms with Crippen LogP contribution in [0, 0.1) is 0 Å². The molecule has 0 fully saturated rings. The Morgan fingerprint density at radius 1 is 1.09 bits per heavy atom. The minimum absolute atomic E-state index is 0.286. The Kier molecular flexibility index (Phi) is 6.17.